The minimum Gasteiger partial charge on any atom is -0.493 e. The van der Waals surface area contributed by atoms with Gasteiger partial charge in [0.25, 0.3) is 5.91 Å². The van der Waals surface area contributed by atoms with Gasteiger partial charge in [0.2, 0.25) is 5.91 Å². The second-order valence-electron chi connectivity index (χ2n) is 7.03. The summed E-state index contributed by atoms with van der Waals surface area (Å²) in [5.74, 6) is 1.38. The highest BCUT2D eigenvalue weighted by atomic mass is 16.5. The van der Waals surface area contributed by atoms with Crippen molar-refractivity contribution in [3.05, 3.63) is 29.8 Å². The number of nitrogens with zero attached hydrogens (tertiary/aromatic N) is 2. The molecule has 2 rings (SSSR count). The number of amides is 2. The van der Waals surface area contributed by atoms with Gasteiger partial charge in [0.15, 0.2) is 0 Å². The zero-order valence-electron chi connectivity index (χ0n) is 15.1. The van der Waals surface area contributed by atoms with E-state index in [-0.39, 0.29) is 17.7 Å². The Bertz CT molecular complexity index is 576. The average Bonchev–Trinajstić information content (AvgIpc) is 2.59. The van der Waals surface area contributed by atoms with Crippen molar-refractivity contribution in [3.8, 4) is 5.75 Å². The molecule has 0 atom stereocenters. The molecule has 1 fully saturated rings. The Morgan fingerprint density at radius 2 is 1.92 bits per heavy atom. The maximum atomic E-state index is 12.7. The molecule has 1 aromatic carbocycles. The molecule has 2 amide bonds. The van der Waals surface area contributed by atoms with Gasteiger partial charge in [-0.3, -0.25) is 9.59 Å². The Kier molecular flexibility index (Phi) is 6.23. The van der Waals surface area contributed by atoms with E-state index in [1.54, 1.807) is 19.0 Å². The Hall–Kier alpha value is -2.04. The highest BCUT2D eigenvalue weighted by Gasteiger charge is 2.28. The van der Waals surface area contributed by atoms with Gasteiger partial charge in [0.05, 0.1) is 6.61 Å². The van der Waals surface area contributed by atoms with Crippen molar-refractivity contribution in [3.63, 3.8) is 0 Å². The minimum absolute atomic E-state index is 0.0146. The van der Waals surface area contributed by atoms with Gasteiger partial charge in [-0.05, 0) is 37.0 Å². The van der Waals surface area contributed by atoms with Crippen LogP contribution in [0.1, 0.15) is 37.0 Å². The zero-order valence-corrected chi connectivity index (χ0v) is 15.1. The van der Waals surface area contributed by atoms with Gasteiger partial charge in [0.1, 0.15) is 5.75 Å². The first-order valence-electron chi connectivity index (χ1n) is 8.61. The largest absolute Gasteiger partial charge is 0.493 e. The highest BCUT2D eigenvalue weighted by Crippen LogP contribution is 2.22. The van der Waals surface area contributed by atoms with Crippen LogP contribution in [0.2, 0.25) is 0 Å². The molecule has 1 aliphatic rings. The van der Waals surface area contributed by atoms with Crippen LogP contribution < -0.4 is 4.74 Å². The summed E-state index contributed by atoms with van der Waals surface area (Å²) in [4.78, 5) is 28.2. The molecule has 1 heterocycles. The fourth-order valence-electron chi connectivity index (χ4n) is 2.86. The number of carbonyl (C=O) groups is 2. The van der Waals surface area contributed by atoms with Crippen molar-refractivity contribution in [1.82, 2.24) is 9.80 Å². The monoisotopic (exact) mass is 332 g/mol. The average molecular weight is 332 g/mol. The van der Waals surface area contributed by atoms with Crippen molar-refractivity contribution < 1.29 is 14.3 Å². The van der Waals surface area contributed by atoms with E-state index < -0.39 is 0 Å². The van der Waals surface area contributed by atoms with Gasteiger partial charge in [-0.2, -0.15) is 0 Å². The molecule has 0 unspecified atom stereocenters. The van der Waals surface area contributed by atoms with Gasteiger partial charge in [-0.25, -0.2) is 0 Å². The third-order valence-corrected chi connectivity index (χ3v) is 4.24. The van der Waals surface area contributed by atoms with Crippen molar-refractivity contribution in [2.45, 2.75) is 26.7 Å². The van der Waals surface area contributed by atoms with Crippen LogP contribution in [-0.2, 0) is 4.79 Å². The van der Waals surface area contributed by atoms with E-state index >= 15 is 0 Å². The lowest BCUT2D eigenvalue weighted by Crippen LogP contribution is -2.42. The fraction of sp³-hybridized carbons (Fsp3) is 0.579. The van der Waals surface area contributed by atoms with Crippen LogP contribution in [0.4, 0.5) is 0 Å². The molecular formula is C19H28N2O3. The predicted molar refractivity (Wildman–Crippen MR) is 94.1 cm³/mol. The van der Waals surface area contributed by atoms with Gasteiger partial charge >= 0.3 is 0 Å². The van der Waals surface area contributed by atoms with E-state index in [0.717, 1.165) is 18.6 Å². The summed E-state index contributed by atoms with van der Waals surface area (Å²) < 4.78 is 5.70. The Labute approximate surface area is 144 Å². The van der Waals surface area contributed by atoms with E-state index in [9.17, 15) is 9.59 Å². The normalized spacial score (nSPS) is 15.5. The summed E-state index contributed by atoms with van der Waals surface area (Å²) in [6.45, 7) is 6.07. The van der Waals surface area contributed by atoms with Crippen molar-refractivity contribution in [2.75, 3.05) is 33.8 Å². The molecule has 24 heavy (non-hydrogen) atoms. The Morgan fingerprint density at radius 1 is 1.25 bits per heavy atom. The number of rotatable bonds is 5. The van der Waals surface area contributed by atoms with Crippen LogP contribution in [0.3, 0.4) is 0 Å². The SMILES string of the molecule is CC(C)COc1cccc(C(=O)N2CCC(C(=O)N(C)C)CC2)c1. The summed E-state index contributed by atoms with van der Waals surface area (Å²) >= 11 is 0. The standard InChI is InChI=1S/C19H28N2O3/c1-14(2)13-24-17-7-5-6-16(12-17)19(23)21-10-8-15(9-11-21)18(22)20(3)4/h5-7,12,14-15H,8-11,13H2,1-4H3. The molecule has 132 valence electrons. The van der Waals surface area contributed by atoms with Gasteiger partial charge in [-0.15, -0.1) is 0 Å². The topological polar surface area (TPSA) is 49.9 Å². The molecule has 5 heteroatoms. The molecule has 0 N–H and O–H groups in total. The predicted octanol–water partition coefficient (Wildman–Crippen LogP) is 2.66. The zero-order chi connectivity index (χ0) is 17.7. The van der Waals surface area contributed by atoms with Crippen molar-refractivity contribution in [1.29, 1.82) is 0 Å². The number of likely N-dealkylation sites (tertiary alicyclic amines) is 1. The molecular weight excluding hydrogens is 304 g/mol. The molecule has 0 saturated carbocycles. The van der Waals surface area contributed by atoms with E-state index in [2.05, 4.69) is 13.8 Å². The first-order valence-corrected chi connectivity index (χ1v) is 8.61. The first-order chi connectivity index (χ1) is 11.4. The Morgan fingerprint density at radius 3 is 2.50 bits per heavy atom. The van der Waals surface area contributed by atoms with Gasteiger partial charge < -0.3 is 14.5 Å². The summed E-state index contributed by atoms with van der Waals surface area (Å²) in [5, 5.41) is 0. The highest BCUT2D eigenvalue weighted by molar-refractivity contribution is 5.94. The summed E-state index contributed by atoms with van der Waals surface area (Å²) in [6.07, 6.45) is 1.46. The van der Waals surface area contributed by atoms with Crippen LogP contribution in [0.25, 0.3) is 0 Å². The minimum atomic E-state index is 0.0146. The molecule has 0 bridgehead atoms. The molecule has 1 aromatic rings. The molecule has 1 saturated heterocycles. The second-order valence-corrected chi connectivity index (χ2v) is 7.03. The third kappa shape index (κ3) is 4.73. The molecule has 0 aliphatic carbocycles. The molecule has 0 spiro atoms. The molecule has 5 nitrogen and oxygen atoms in total. The van der Waals surface area contributed by atoms with Crippen molar-refractivity contribution in [2.24, 2.45) is 11.8 Å². The van der Waals surface area contributed by atoms with Crippen LogP contribution in [0.15, 0.2) is 24.3 Å². The van der Waals surface area contributed by atoms with E-state index in [0.29, 0.717) is 31.2 Å². The lowest BCUT2D eigenvalue weighted by molar-refractivity contribution is -0.134. The van der Waals surface area contributed by atoms with E-state index in [1.807, 2.05) is 29.2 Å². The smallest absolute Gasteiger partial charge is 0.253 e. The van der Waals surface area contributed by atoms with Gasteiger partial charge in [0, 0.05) is 38.7 Å². The van der Waals surface area contributed by atoms with Crippen LogP contribution in [-0.4, -0.2) is 55.4 Å². The van der Waals surface area contributed by atoms with E-state index in [1.165, 1.54) is 0 Å². The number of hydrogen-bond donors (Lipinski definition) is 0. The Balaban J connectivity index is 1.95. The molecule has 0 radical (unpaired) electrons. The quantitative estimate of drug-likeness (QED) is 0.833. The second kappa shape index (κ2) is 8.18. The first kappa shape index (κ1) is 18.3. The van der Waals surface area contributed by atoms with Gasteiger partial charge in [-0.1, -0.05) is 19.9 Å². The number of benzene rings is 1. The maximum Gasteiger partial charge on any atom is 0.253 e. The lowest BCUT2D eigenvalue weighted by Gasteiger charge is -2.32. The fourth-order valence-corrected chi connectivity index (χ4v) is 2.86. The lowest BCUT2D eigenvalue weighted by atomic mass is 9.95. The number of carbonyl (C=O) groups excluding carboxylic acids is 2. The molecule has 1 aliphatic heterocycles. The van der Waals surface area contributed by atoms with Crippen LogP contribution in [0, 0.1) is 11.8 Å². The van der Waals surface area contributed by atoms with Crippen LogP contribution >= 0.6 is 0 Å². The third-order valence-electron chi connectivity index (χ3n) is 4.24. The summed E-state index contributed by atoms with van der Waals surface area (Å²) in [6, 6.07) is 7.36. The summed E-state index contributed by atoms with van der Waals surface area (Å²) in [5.41, 5.74) is 0.647. The molecule has 0 aromatic heterocycles. The number of piperidine rings is 1. The number of ether oxygens (including phenoxy) is 1. The van der Waals surface area contributed by atoms with E-state index in [4.69, 9.17) is 4.74 Å². The maximum absolute atomic E-state index is 12.7. The summed E-state index contributed by atoms with van der Waals surface area (Å²) in [7, 11) is 3.56. The van der Waals surface area contributed by atoms with Crippen LogP contribution in [0.5, 0.6) is 5.75 Å². The number of hydrogen-bond acceptors (Lipinski definition) is 3. The van der Waals surface area contributed by atoms with Crippen molar-refractivity contribution >= 4 is 11.8 Å².